The average molecular weight is 685 g/mol. The predicted molar refractivity (Wildman–Crippen MR) is 152 cm³/mol. The van der Waals surface area contributed by atoms with Crippen molar-refractivity contribution < 1.29 is 41.8 Å². The SMILES string of the molecule is C=CCOc1ccc(C(=O)N/N=C/c2cc(I)c(Oc3ccc(C(F)(F)F)cc3[N+](=O)[O-])c(OCC)c2)cc1OC. The van der Waals surface area contributed by atoms with Crippen LogP contribution in [0.25, 0.3) is 0 Å². The third-order valence-electron chi connectivity index (χ3n) is 5.19. The molecule has 1 N–H and O–H groups in total. The van der Waals surface area contributed by atoms with Crippen molar-refractivity contribution in [3.8, 4) is 28.7 Å². The molecule has 14 heteroatoms. The molecule has 3 aromatic rings. The topological polar surface area (TPSA) is 122 Å². The molecule has 0 bridgehead atoms. The lowest BCUT2D eigenvalue weighted by atomic mass is 10.1. The van der Waals surface area contributed by atoms with E-state index in [0.29, 0.717) is 32.8 Å². The van der Waals surface area contributed by atoms with Crippen molar-refractivity contribution in [3.63, 3.8) is 0 Å². The maximum absolute atomic E-state index is 13.1. The van der Waals surface area contributed by atoms with Crippen LogP contribution in [0.4, 0.5) is 18.9 Å². The maximum atomic E-state index is 13.1. The fourth-order valence-electron chi connectivity index (χ4n) is 3.36. The number of hydrogen-bond acceptors (Lipinski definition) is 8. The number of carbonyl (C=O) groups is 1. The van der Waals surface area contributed by atoms with Crippen molar-refractivity contribution in [2.45, 2.75) is 13.1 Å². The molecule has 41 heavy (non-hydrogen) atoms. The highest BCUT2D eigenvalue weighted by Crippen LogP contribution is 2.42. The lowest BCUT2D eigenvalue weighted by Gasteiger charge is -2.15. The van der Waals surface area contributed by atoms with Gasteiger partial charge in [0.15, 0.2) is 23.0 Å². The minimum Gasteiger partial charge on any atom is -0.493 e. The Morgan fingerprint density at radius 3 is 2.46 bits per heavy atom. The van der Waals surface area contributed by atoms with Crippen LogP contribution < -0.4 is 24.4 Å². The number of nitrogens with one attached hydrogen (secondary N) is 1. The van der Waals surface area contributed by atoms with Crippen LogP contribution in [0.3, 0.4) is 0 Å². The summed E-state index contributed by atoms with van der Waals surface area (Å²) in [4.78, 5) is 23.1. The Labute approximate surface area is 246 Å². The summed E-state index contributed by atoms with van der Waals surface area (Å²) < 4.78 is 61.6. The number of hydrogen-bond donors (Lipinski definition) is 1. The van der Waals surface area contributed by atoms with E-state index in [4.69, 9.17) is 18.9 Å². The summed E-state index contributed by atoms with van der Waals surface area (Å²) in [6.45, 7) is 5.73. The standard InChI is InChI=1S/C27H23F3IN3O7/c1-4-10-40-22-8-6-17(13-23(22)38-3)26(35)33-32-15-16-11-19(31)25(24(12-16)39-5-2)41-21-9-7-18(27(28,29)30)14-20(21)34(36)37/h4,6-9,11-15H,1,5,10H2,2-3H3,(H,33,35)/b32-15+. The number of carbonyl (C=O) groups excluding carboxylic acids is 1. The Kier molecular flexibility index (Phi) is 10.5. The van der Waals surface area contributed by atoms with E-state index in [-0.39, 0.29) is 30.3 Å². The van der Waals surface area contributed by atoms with Gasteiger partial charge in [0.05, 0.1) is 34.0 Å². The normalized spacial score (nSPS) is 11.2. The number of nitro groups is 1. The number of hydrazone groups is 1. The van der Waals surface area contributed by atoms with E-state index in [9.17, 15) is 28.1 Å². The first-order valence-corrected chi connectivity index (χ1v) is 12.8. The van der Waals surface area contributed by atoms with E-state index < -0.39 is 34.0 Å². The van der Waals surface area contributed by atoms with Gasteiger partial charge in [-0.1, -0.05) is 12.7 Å². The second-order valence-corrected chi connectivity index (χ2v) is 9.13. The highest BCUT2D eigenvalue weighted by atomic mass is 127. The largest absolute Gasteiger partial charge is 0.493 e. The Bertz CT molecular complexity index is 1480. The molecular weight excluding hydrogens is 662 g/mol. The van der Waals surface area contributed by atoms with Crippen LogP contribution in [0.15, 0.2) is 66.3 Å². The van der Waals surface area contributed by atoms with Gasteiger partial charge in [0.2, 0.25) is 5.75 Å². The molecule has 0 fully saturated rings. The van der Waals surface area contributed by atoms with Gasteiger partial charge in [-0.05, 0) is 77.5 Å². The second kappa shape index (κ2) is 13.8. The highest BCUT2D eigenvalue weighted by Gasteiger charge is 2.33. The molecule has 1 amide bonds. The molecule has 0 aliphatic rings. The van der Waals surface area contributed by atoms with Gasteiger partial charge in [0, 0.05) is 11.6 Å². The van der Waals surface area contributed by atoms with Gasteiger partial charge in [-0.2, -0.15) is 18.3 Å². The van der Waals surface area contributed by atoms with E-state index in [1.807, 2.05) is 22.6 Å². The molecular formula is C27H23F3IN3O7. The van der Waals surface area contributed by atoms with Crippen molar-refractivity contribution in [2.75, 3.05) is 20.3 Å². The van der Waals surface area contributed by atoms with Crippen LogP contribution in [0.1, 0.15) is 28.4 Å². The summed E-state index contributed by atoms with van der Waals surface area (Å²) in [5.41, 5.74) is 1.09. The van der Waals surface area contributed by atoms with Gasteiger partial charge in [0.25, 0.3) is 5.91 Å². The number of nitro benzene ring substituents is 1. The average Bonchev–Trinajstić information content (AvgIpc) is 2.93. The molecule has 0 aliphatic carbocycles. The van der Waals surface area contributed by atoms with Gasteiger partial charge in [-0.25, -0.2) is 5.43 Å². The van der Waals surface area contributed by atoms with E-state index in [2.05, 4.69) is 17.1 Å². The molecule has 0 saturated carbocycles. The second-order valence-electron chi connectivity index (χ2n) is 7.97. The third-order valence-corrected chi connectivity index (χ3v) is 5.99. The first kappa shape index (κ1) is 31.2. The Morgan fingerprint density at radius 1 is 1.10 bits per heavy atom. The minimum atomic E-state index is -4.76. The van der Waals surface area contributed by atoms with E-state index in [1.165, 1.54) is 31.5 Å². The molecule has 0 aliphatic heterocycles. The maximum Gasteiger partial charge on any atom is 0.416 e. The lowest BCUT2D eigenvalue weighted by molar-refractivity contribution is -0.385. The smallest absolute Gasteiger partial charge is 0.416 e. The highest BCUT2D eigenvalue weighted by molar-refractivity contribution is 14.1. The summed E-state index contributed by atoms with van der Waals surface area (Å²) in [5.74, 6) is 0.0808. The fraction of sp³-hybridized carbons (Fsp3) is 0.185. The molecule has 3 aromatic carbocycles. The molecule has 0 heterocycles. The number of nitrogens with zero attached hydrogens (tertiary/aromatic N) is 2. The summed E-state index contributed by atoms with van der Waals surface area (Å²) in [7, 11) is 1.44. The number of rotatable bonds is 12. The zero-order chi connectivity index (χ0) is 30.2. The Hall–Kier alpha value is -4.34. The Morgan fingerprint density at radius 2 is 1.83 bits per heavy atom. The summed E-state index contributed by atoms with van der Waals surface area (Å²) >= 11 is 1.89. The summed E-state index contributed by atoms with van der Waals surface area (Å²) in [6.07, 6.45) is -1.85. The number of halogens is 4. The van der Waals surface area contributed by atoms with E-state index >= 15 is 0 Å². The zero-order valence-electron chi connectivity index (χ0n) is 21.7. The third kappa shape index (κ3) is 8.09. The molecule has 3 rings (SSSR count). The van der Waals surface area contributed by atoms with Gasteiger partial charge in [-0.3, -0.25) is 14.9 Å². The Balaban J connectivity index is 1.83. The number of methoxy groups -OCH3 is 1. The summed E-state index contributed by atoms with van der Waals surface area (Å²) in [5, 5.41) is 15.4. The van der Waals surface area contributed by atoms with Crippen LogP contribution in [-0.2, 0) is 6.18 Å². The van der Waals surface area contributed by atoms with E-state index in [0.717, 1.165) is 6.07 Å². The number of alkyl halides is 3. The van der Waals surface area contributed by atoms with Gasteiger partial charge >= 0.3 is 11.9 Å². The fourth-order valence-corrected chi connectivity index (χ4v) is 4.10. The first-order valence-electron chi connectivity index (χ1n) is 11.7. The molecule has 10 nitrogen and oxygen atoms in total. The number of ether oxygens (including phenoxy) is 4. The molecule has 216 valence electrons. The lowest BCUT2D eigenvalue weighted by Crippen LogP contribution is -2.17. The van der Waals surface area contributed by atoms with Crippen LogP contribution in [0, 0.1) is 13.7 Å². The van der Waals surface area contributed by atoms with Crippen molar-refractivity contribution in [1.82, 2.24) is 5.43 Å². The van der Waals surface area contributed by atoms with E-state index in [1.54, 1.807) is 25.1 Å². The molecule has 0 atom stereocenters. The molecule has 0 saturated heterocycles. The first-order chi connectivity index (χ1) is 19.5. The number of benzene rings is 3. The van der Waals surface area contributed by atoms with Crippen LogP contribution in [0.2, 0.25) is 0 Å². The van der Waals surface area contributed by atoms with Crippen LogP contribution in [-0.4, -0.2) is 37.4 Å². The quantitative estimate of drug-likeness (QED) is 0.0737. The predicted octanol–water partition coefficient (Wildman–Crippen LogP) is 6.75. The van der Waals surface area contributed by atoms with Gasteiger partial charge in [-0.15, -0.1) is 0 Å². The molecule has 0 aromatic heterocycles. The van der Waals surface area contributed by atoms with Gasteiger partial charge < -0.3 is 18.9 Å². The molecule has 0 spiro atoms. The minimum absolute atomic E-state index is 0.0577. The van der Waals surface area contributed by atoms with Crippen molar-refractivity contribution >= 4 is 40.4 Å². The molecule has 0 unspecified atom stereocenters. The van der Waals surface area contributed by atoms with Crippen molar-refractivity contribution in [1.29, 1.82) is 0 Å². The summed E-state index contributed by atoms with van der Waals surface area (Å²) in [6, 6.07) is 9.67. The zero-order valence-corrected chi connectivity index (χ0v) is 23.8. The number of amides is 1. The van der Waals surface area contributed by atoms with Crippen molar-refractivity contribution in [2.24, 2.45) is 5.10 Å². The van der Waals surface area contributed by atoms with Gasteiger partial charge in [0.1, 0.15) is 6.61 Å². The molecule has 0 radical (unpaired) electrons. The van der Waals surface area contributed by atoms with Crippen LogP contribution >= 0.6 is 22.6 Å². The van der Waals surface area contributed by atoms with Crippen LogP contribution in [0.5, 0.6) is 28.7 Å². The van der Waals surface area contributed by atoms with Crippen molar-refractivity contribution in [3.05, 3.63) is 91.6 Å². The monoisotopic (exact) mass is 685 g/mol.